The number of halogens is 1. The van der Waals surface area contributed by atoms with Gasteiger partial charge in [0, 0.05) is 12.2 Å². The van der Waals surface area contributed by atoms with E-state index in [4.69, 9.17) is 11.6 Å². The van der Waals surface area contributed by atoms with Crippen molar-refractivity contribution in [1.29, 1.82) is 0 Å². The molecule has 0 fully saturated rings. The average Bonchev–Trinajstić information content (AvgIpc) is 2.58. The summed E-state index contributed by atoms with van der Waals surface area (Å²) >= 11 is 6.34. The maximum atomic E-state index is 6.34. The van der Waals surface area contributed by atoms with Gasteiger partial charge in [-0.25, -0.2) is 4.68 Å². The summed E-state index contributed by atoms with van der Waals surface area (Å²) in [6.07, 6.45) is 0. The molecule has 0 aliphatic rings. The molecular formula is C14H18ClN3. The standard InChI is InChI=1S/C14H18ClN3/c1-9-10(2)17-18(11(9)3)14-12(8-16-4)6-5-7-13(14)15/h5-7,16H,8H2,1-4H3. The molecule has 0 bridgehead atoms. The van der Waals surface area contributed by atoms with Gasteiger partial charge in [-0.1, -0.05) is 23.7 Å². The molecule has 0 amide bonds. The van der Waals surface area contributed by atoms with Gasteiger partial charge in [-0.05, 0) is 45.0 Å². The van der Waals surface area contributed by atoms with Gasteiger partial charge in [0.15, 0.2) is 0 Å². The van der Waals surface area contributed by atoms with E-state index in [1.54, 1.807) is 0 Å². The fourth-order valence-electron chi connectivity index (χ4n) is 2.07. The molecule has 0 unspecified atom stereocenters. The Hall–Kier alpha value is -1.32. The number of rotatable bonds is 3. The molecule has 2 rings (SSSR count). The summed E-state index contributed by atoms with van der Waals surface area (Å²) in [5.74, 6) is 0. The second-order valence-electron chi connectivity index (χ2n) is 4.49. The minimum absolute atomic E-state index is 0.730. The molecule has 3 nitrogen and oxygen atoms in total. The van der Waals surface area contributed by atoms with Crippen LogP contribution in [0.2, 0.25) is 5.02 Å². The lowest BCUT2D eigenvalue weighted by Gasteiger charge is -2.13. The predicted molar refractivity (Wildman–Crippen MR) is 75.5 cm³/mol. The lowest BCUT2D eigenvalue weighted by molar-refractivity contribution is 0.775. The molecule has 0 spiro atoms. The summed E-state index contributed by atoms with van der Waals surface area (Å²) in [5, 5.41) is 8.48. The van der Waals surface area contributed by atoms with Crippen LogP contribution < -0.4 is 5.32 Å². The molecule has 0 aliphatic heterocycles. The Labute approximate surface area is 113 Å². The predicted octanol–water partition coefficient (Wildman–Crippen LogP) is 3.17. The smallest absolute Gasteiger partial charge is 0.0879 e. The van der Waals surface area contributed by atoms with Gasteiger partial charge in [0.05, 0.1) is 16.4 Å². The third-order valence-corrected chi connectivity index (χ3v) is 3.61. The summed E-state index contributed by atoms with van der Waals surface area (Å²) in [6, 6.07) is 5.95. The third-order valence-electron chi connectivity index (χ3n) is 3.30. The summed E-state index contributed by atoms with van der Waals surface area (Å²) in [7, 11) is 1.93. The largest absolute Gasteiger partial charge is 0.316 e. The Kier molecular flexibility index (Phi) is 3.73. The minimum atomic E-state index is 0.730. The van der Waals surface area contributed by atoms with Crippen molar-refractivity contribution < 1.29 is 0 Å². The van der Waals surface area contributed by atoms with Gasteiger partial charge in [-0.3, -0.25) is 0 Å². The van der Waals surface area contributed by atoms with Gasteiger partial charge in [0.2, 0.25) is 0 Å². The first-order valence-corrected chi connectivity index (χ1v) is 6.39. The van der Waals surface area contributed by atoms with Crippen LogP contribution in [0, 0.1) is 20.8 Å². The Morgan fingerprint density at radius 3 is 2.56 bits per heavy atom. The number of para-hydroxylation sites is 1. The maximum Gasteiger partial charge on any atom is 0.0879 e. The van der Waals surface area contributed by atoms with E-state index in [0.29, 0.717) is 0 Å². The van der Waals surface area contributed by atoms with Crippen molar-refractivity contribution in [2.45, 2.75) is 27.3 Å². The number of hydrogen-bond acceptors (Lipinski definition) is 2. The lowest BCUT2D eigenvalue weighted by atomic mass is 10.1. The quantitative estimate of drug-likeness (QED) is 0.922. The van der Waals surface area contributed by atoms with E-state index in [-0.39, 0.29) is 0 Å². The summed E-state index contributed by atoms with van der Waals surface area (Å²) in [4.78, 5) is 0. The molecule has 2 aromatic rings. The second-order valence-corrected chi connectivity index (χ2v) is 4.89. The van der Waals surface area contributed by atoms with Crippen molar-refractivity contribution >= 4 is 11.6 Å². The molecular weight excluding hydrogens is 246 g/mol. The number of nitrogens with zero attached hydrogens (tertiary/aromatic N) is 2. The van der Waals surface area contributed by atoms with Crippen LogP contribution in [0.5, 0.6) is 0 Å². The van der Waals surface area contributed by atoms with Crippen molar-refractivity contribution in [3.8, 4) is 5.69 Å². The number of hydrogen-bond donors (Lipinski definition) is 1. The maximum absolute atomic E-state index is 6.34. The zero-order valence-corrected chi connectivity index (χ0v) is 12.0. The Balaban J connectivity index is 2.65. The number of benzene rings is 1. The van der Waals surface area contributed by atoms with Gasteiger partial charge in [0.1, 0.15) is 0 Å². The minimum Gasteiger partial charge on any atom is -0.316 e. The highest BCUT2D eigenvalue weighted by atomic mass is 35.5. The van der Waals surface area contributed by atoms with E-state index in [0.717, 1.165) is 34.2 Å². The molecule has 4 heteroatoms. The molecule has 1 aromatic heterocycles. The van der Waals surface area contributed by atoms with Gasteiger partial charge in [-0.2, -0.15) is 5.10 Å². The Morgan fingerprint density at radius 2 is 2.00 bits per heavy atom. The monoisotopic (exact) mass is 263 g/mol. The second kappa shape index (κ2) is 5.12. The fourth-order valence-corrected chi connectivity index (χ4v) is 2.34. The van der Waals surface area contributed by atoms with Crippen LogP contribution in [0.25, 0.3) is 5.69 Å². The van der Waals surface area contributed by atoms with Crippen LogP contribution in [0.15, 0.2) is 18.2 Å². The topological polar surface area (TPSA) is 29.9 Å². The van der Waals surface area contributed by atoms with Crippen LogP contribution in [0.4, 0.5) is 0 Å². The third kappa shape index (κ3) is 2.16. The highest BCUT2D eigenvalue weighted by Crippen LogP contribution is 2.27. The Morgan fingerprint density at radius 1 is 1.28 bits per heavy atom. The van der Waals surface area contributed by atoms with Crippen molar-refractivity contribution in [1.82, 2.24) is 15.1 Å². The van der Waals surface area contributed by atoms with Crippen molar-refractivity contribution in [3.63, 3.8) is 0 Å². The number of nitrogens with one attached hydrogen (secondary N) is 1. The van der Waals surface area contributed by atoms with E-state index in [1.807, 2.05) is 30.8 Å². The van der Waals surface area contributed by atoms with Crippen LogP contribution in [-0.4, -0.2) is 16.8 Å². The average molecular weight is 264 g/mol. The first-order chi connectivity index (χ1) is 8.56. The molecule has 96 valence electrons. The van der Waals surface area contributed by atoms with E-state index < -0.39 is 0 Å². The highest BCUT2D eigenvalue weighted by molar-refractivity contribution is 6.32. The van der Waals surface area contributed by atoms with Crippen molar-refractivity contribution in [2.24, 2.45) is 0 Å². The molecule has 0 radical (unpaired) electrons. The van der Waals surface area contributed by atoms with Crippen LogP contribution in [0.1, 0.15) is 22.5 Å². The van der Waals surface area contributed by atoms with E-state index in [1.165, 1.54) is 5.56 Å². The van der Waals surface area contributed by atoms with Crippen LogP contribution in [0.3, 0.4) is 0 Å². The normalized spacial score (nSPS) is 10.9. The molecule has 0 atom stereocenters. The van der Waals surface area contributed by atoms with Gasteiger partial charge < -0.3 is 5.32 Å². The summed E-state index contributed by atoms with van der Waals surface area (Å²) in [6.45, 7) is 6.95. The van der Waals surface area contributed by atoms with Crippen molar-refractivity contribution in [2.75, 3.05) is 7.05 Å². The number of aromatic nitrogens is 2. The zero-order chi connectivity index (χ0) is 13.3. The molecule has 1 N–H and O–H groups in total. The van der Waals surface area contributed by atoms with Gasteiger partial charge in [0.25, 0.3) is 0 Å². The SMILES string of the molecule is CNCc1cccc(Cl)c1-n1nc(C)c(C)c1C. The van der Waals surface area contributed by atoms with Gasteiger partial charge >= 0.3 is 0 Å². The lowest BCUT2D eigenvalue weighted by Crippen LogP contribution is -2.11. The summed E-state index contributed by atoms with van der Waals surface area (Å²) < 4.78 is 1.94. The highest BCUT2D eigenvalue weighted by Gasteiger charge is 2.14. The van der Waals surface area contributed by atoms with E-state index >= 15 is 0 Å². The molecule has 0 saturated heterocycles. The molecule has 1 aromatic carbocycles. The van der Waals surface area contributed by atoms with Gasteiger partial charge in [-0.15, -0.1) is 0 Å². The molecule has 0 aliphatic carbocycles. The molecule has 1 heterocycles. The molecule has 0 saturated carbocycles. The first-order valence-electron chi connectivity index (χ1n) is 6.01. The Bertz CT molecular complexity index is 573. The first kappa shape index (κ1) is 13.1. The molecule has 18 heavy (non-hydrogen) atoms. The fraction of sp³-hybridized carbons (Fsp3) is 0.357. The van der Waals surface area contributed by atoms with Crippen LogP contribution >= 0.6 is 11.6 Å². The van der Waals surface area contributed by atoms with E-state index in [9.17, 15) is 0 Å². The van der Waals surface area contributed by atoms with E-state index in [2.05, 4.69) is 30.3 Å². The zero-order valence-electron chi connectivity index (χ0n) is 11.2. The van der Waals surface area contributed by atoms with Crippen molar-refractivity contribution in [3.05, 3.63) is 45.7 Å². The summed E-state index contributed by atoms with van der Waals surface area (Å²) in [5.41, 5.74) is 5.52. The van der Waals surface area contributed by atoms with Crippen LogP contribution in [-0.2, 0) is 6.54 Å². The number of aryl methyl sites for hydroxylation is 1.